The first-order valence-electron chi connectivity index (χ1n) is 5.13. The zero-order valence-corrected chi connectivity index (χ0v) is 11.6. The van der Waals surface area contributed by atoms with Gasteiger partial charge in [-0.25, -0.2) is 4.79 Å². The number of ether oxygens (including phenoxy) is 1. The van der Waals surface area contributed by atoms with Gasteiger partial charge in [-0.05, 0) is 0 Å². The summed E-state index contributed by atoms with van der Waals surface area (Å²) in [6.07, 6.45) is 0.111. The highest BCUT2D eigenvalue weighted by Gasteiger charge is 2.71. The molecule has 3 N–H and O–H groups in total. The summed E-state index contributed by atoms with van der Waals surface area (Å²) < 4.78 is 3.74. The lowest BCUT2D eigenvalue weighted by molar-refractivity contribution is -0.137. The van der Waals surface area contributed by atoms with Crippen molar-refractivity contribution in [3.8, 4) is 0 Å². The number of hydrogen-bond acceptors (Lipinski definition) is 3. The Bertz CT molecular complexity index is 347. The first-order valence-corrected chi connectivity index (χ1v) is 6.26. The number of alkyl halides is 3. The summed E-state index contributed by atoms with van der Waals surface area (Å²) in [7, 11) is 0. The highest BCUT2D eigenvalue weighted by molar-refractivity contribution is 6.61. The minimum Gasteiger partial charge on any atom is -0.480 e. The number of rotatable bonds is 1. The van der Waals surface area contributed by atoms with Crippen LogP contribution in [0.5, 0.6) is 0 Å². The fourth-order valence-corrected chi connectivity index (χ4v) is 2.18. The van der Waals surface area contributed by atoms with Crippen LogP contribution in [0.3, 0.4) is 0 Å². The molecule has 0 spiro atoms. The lowest BCUT2D eigenvalue weighted by Gasteiger charge is -2.24. The van der Waals surface area contributed by atoms with Crippen molar-refractivity contribution < 1.29 is 19.4 Å². The molecule has 2 amide bonds. The van der Waals surface area contributed by atoms with E-state index in [-0.39, 0.29) is 12.5 Å². The lowest BCUT2D eigenvalue weighted by atomic mass is 10.4. The van der Waals surface area contributed by atoms with E-state index in [0.717, 1.165) is 0 Å². The summed E-state index contributed by atoms with van der Waals surface area (Å²) in [4.78, 5) is 20.8. The normalized spacial score (nSPS) is 28.9. The molecule has 0 radical (unpaired) electrons. The Balaban J connectivity index is 0.000000180. The van der Waals surface area contributed by atoms with Gasteiger partial charge in [0.2, 0.25) is 0 Å². The molecule has 1 saturated heterocycles. The number of nitrogens with zero attached hydrogens (tertiary/aromatic N) is 1. The average Bonchev–Trinajstić information content (AvgIpc) is 2.82. The van der Waals surface area contributed by atoms with E-state index in [0.29, 0.717) is 26.3 Å². The maximum Gasteiger partial charge on any atom is 0.328 e. The first kappa shape index (κ1) is 15.6. The number of hydrogen-bond donors (Lipinski definition) is 2. The number of halogens is 3. The number of carbonyl (C=O) groups excluding carboxylic acids is 1. The van der Waals surface area contributed by atoms with Crippen LogP contribution < -0.4 is 5.73 Å². The van der Waals surface area contributed by atoms with E-state index in [9.17, 15) is 9.59 Å². The Morgan fingerprint density at radius 1 is 1.22 bits per heavy atom. The van der Waals surface area contributed by atoms with Gasteiger partial charge in [0, 0.05) is 19.5 Å². The van der Waals surface area contributed by atoms with Gasteiger partial charge in [0.15, 0.2) is 9.21 Å². The summed E-state index contributed by atoms with van der Waals surface area (Å²) in [5.41, 5.74) is 5.00. The molecule has 2 fully saturated rings. The van der Waals surface area contributed by atoms with Gasteiger partial charge in [0.1, 0.15) is 0 Å². The fourth-order valence-electron chi connectivity index (χ4n) is 1.28. The molecular weight excluding hydrogens is 306 g/mol. The molecular formula is C9H13Cl3N2O4. The summed E-state index contributed by atoms with van der Waals surface area (Å²) in [6, 6.07) is -0.349. The molecule has 18 heavy (non-hydrogen) atoms. The van der Waals surface area contributed by atoms with Crippen molar-refractivity contribution in [1.82, 2.24) is 4.90 Å². The Morgan fingerprint density at radius 2 is 1.67 bits per heavy atom. The van der Waals surface area contributed by atoms with Crippen LogP contribution in [0.4, 0.5) is 4.79 Å². The molecule has 2 rings (SSSR count). The molecule has 104 valence electrons. The molecule has 0 aromatic heterocycles. The number of nitrogens with two attached hydrogens (primary N) is 1. The highest BCUT2D eigenvalue weighted by atomic mass is 35.5. The minimum absolute atomic E-state index is 0.111. The second kappa shape index (κ2) is 5.69. The van der Waals surface area contributed by atoms with E-state index >= 15 is 0 Å². The molecule has 0 aromatic carbocycles. The number of amides is 2. The molecule has 1 saturated carbocycles. The van der Waals surface area contributed by atoms with Crippen molar-refractivity contribution >= 4 is 46.8 Å². The average molecular weight is 320 g/mol. The van der Waals surface area contributed by atoms with Gasteiger partial charge >= 0.3 is 12.0 Å². The van der Waals surface area contributed by atoms with Crippen molar-refractivity contribution in [3.63, 3.8) is 0 Å². The number of carboxylic acid groups (broad SMARTS) is 1. The monoisotopic (exact) mass is 318 g/mol. The minimum atomic E-state index is -1.43. The molecule has 1 aliphatic heterocycles. The van der Waals surface area contributed by atoms with E-state index in [1.807, 2.05) is 0 Å². The molecule has 1 aliphatic carbocycles. The molecule has 2 aliphatic rings. The zero-order chi connectivity index (χ0) is 14.0. The summed E-state index contributed by atoms with van der Waals surface area (Å²) in [5.74, 6) is -1.16. The van der Waals surface area contributed by atoms with Crippen LogP contribution in [0.1, 0.15) is 6.42 Å². The van der Waals surface area contributed by atoms with E-state index in [2.05, 4.69) is 0 Å². The third-order valence-electron chi connectivity index (χ3n) is 2.58. The number of morpholine rings is 1. The third-order valence-corrected chi connectivity index (χ3v) is 4.31. The Hall–Kier alpha value is -0.430. The first-order chi connectivity index (χ1) is 8.21. The van der Waals surface area contributed by atoms with Crippen molar-refractivity contribution in [2.45, 2.75) is 15.6 Å². The summed E-state index contributed by atoms with van der Waals surface area (Å²) in [6.45, 7) is 2.50. The van der Waals surface area contributed by atoms with E-state index in [1.165, 1.54) is 0 Å². The van der Waals surface area contributed by atoms with Crippen LogP contribution in [0.2, 0.25) is 0 Å². The zero-order valence-electron chi connectivity index (χ0n) is 9.37. The van der Waals surface area contributed by atoms with Gasteiger partial charge in [0.05, 0.1) is 13.2 Å². The largest absolute Gasteiger partial charge is 0.480 e. The molecule has 1 heterocycles. The number of primary amides is 1. The van der Waals surface area contributed by atoms with Crippen LogP contribution in [0.25, 0.3) is 0 Å². The Labute approximate surface area is 119 Å². The van der Waals surface area contributed by atoms with E-state index < -0.39 is 15.2 Å². The summed E-state index contributed by atoms with van der Waals surface area (Å²) in [5, 5.41) is 8.35. The maximum atomic E-state index is 10.4. The van der Waals surface area contributed by atoms with Gasteiger partial charge in [-0.15, -0.1) is 11.6 Å². The lowest BCUT2D eigenvalue weighted by Crippen LogP contribution is -2.43. The van der Waals surface area contributed by atoms with Gasteiger partial charge in [-0.1, -0.05) is 23.2 Å². The highest BCUT2D eigenvalue weighted by Crippen LogP contribution is 2.61. The molecule has 0 bridgehead atoms. The second-order valence-electron chi connectivity index (χ2n) is 3.93. The molecule has 6 nitrogen and oxygen atoms in total. The van der Waals surface area contributed by atoms with Gasteiger partial charge < -0.3 is 20.5 Å². The SMILES string of the molecule is NC(=O)N1CCOCC1.O=C(O)C1(Cl)CC1(Cl)Cl. The fraction of sp³-hybridized carbons (Fsp3) is 0.778. The quantitative estimate of drug-likeness (QED) is 0.706. The van der Waals surface area contributed by atoms with Crippen LogP contribution >= 0.6 is 34.8 Å². The van der Waals surface area contributed by atoms with Gasteiger partial charge in [-0.3, -0.25) is 4.79 Å². The number of carboxylic acids is 1. The van der Waals surface area contributed by atoms with Crippen molar-refractivity contribution in [2.24, 2.45) is 5.73 Å². The maximum absolute atomic E-state index is 10.4. The smallest absolute Gasteiger partial charge is 0.328 e. The van der Waals surface area contributed by atoms with Crippen LogP contribution in [0.15, 0.2) is 0 Å². The standard InChI is InChI=1S/C5H10N2O2.C4H3Cl3O2/c6-5(8)7-1-3-9-4-2-7;5-3(2(8)9)1-4(3,6)7/h1-4H2,(H2,6,8);1H2,(H,8,9). The van der Waals surface area contributed by atoms with Crippen molar-refractivity contribution in [1.29, 1.82) is 0 Å². The van der Waals surface area contributed by atoms with Gasteiger partial charge in [0.25, 0.3) is 0 Å². The topological polar surface area (TPSA) is 92.9 Å². The number of urea groups is 1. The van der Waals surface area contributed by atoms with Crippen molar-refractivity contribution in [2.75, 3.05) is 26.3 Å². The van der Waals surface area contributed by atoms with Crippen LogP contribution in [0, 0.1) is 0 Å². The predicted molar refractivity (Wildman–Crippen MR) is 67.2 cm³/mol. The third kappa shape index (κ3) is 3.54. The van der Waals surface area contributed by atoms with E-state index in [4.69, 9.17) is 50.4 Å². The molecule has 1 unspecified atom stereocenters. The predicted octanol–water partition coefficient (Wildman–Crippen LogP) is 1.02. The summed E-state index contributed by atoms with van der Waals surface area (Å²) >= 11 is 16.2. The van der Waals surface area contributed by atoms with Crippen LogP contribution in [-0.2, 0) is 9.53 Å². The second-order valence-corrected chi connectivity index (χ2v) is 6.05. The number of aliphatic carboxylic acids is 1. The van der Waals surface area contributed by atoms with Crippen LogP contribution in [-0.4, -0.2) is 57.5 Å². The molecule has 0 aromatic rings. The van der Waals surface area contributed by atoms with Gasteiger partial charge in [-0.2, -0.15) is 0 Å². The Morgan fingerprint density at radius 3 is 1.83 bits per heavy atom. The number of carbonyl (C=O) groups is 2. The molecule has 1 atom stereocenters. The van der Waals surface area contributed by atoms with Crippen molar-refractivity contribution in [3.05, 3.63) is 0 Å². The molecule has 9 heteroatoms. The van der Waals surface area contributed by atoms with E-state index in [1.54, 1.807) is 4.90 Å². The Kier molecular flexibility index (Phi) is 4.94.